The number of carbonyl (C=O) groups is 1. The monoisotopic (exact) mass is 413 g/mol. The summed E-state index contributed by atoms with van der Waals surface area (Å²) >= 11 is 1.65. The number of thiazole rings is 1. The molecular weight excluding hydrogens is 386 g/mol. The van der Waals surface area contributed by atoms with Gasteiger partial charge in [0.25, 0.3) is 0 Å². The van der Waals surface area contributed by atoms with Gasteiger partial charge in [0.2, 0.25) is 0 Å². The molecule has 1 N–H and O–H groups in total. The number of nitrogens with zero attached hydrogens (tertiary/aromatic N) is 4. The van der Waals surface area contributed by atoms with Crippen molar-refractivity contribution in [1.82, 2.24) is 20.1 Å². The first-order chi connectivity index (χ1) is 13.9. The van der Waals surface area contributed by atoms with Gasteiger partial charge in [-0.15, -0.1) is 11.3 Å². The normalized spacial score (nSPS) is 19.0. The molecule has 2 aromatic rings. The largest absolute Gasteiger partial charge is 0.444 e. The Hall–Kier alpha value is -2.61. The lowest BCUT2D eigenvalue weighted by Crippen LogP contribution is -2.57. The number of aromatic nitrogens is 1. The Kier molecular flexibility index (Phi) is 5.45. The van der Waals surface area contributed by atoms with Crippen LogP contribution in [0.3, 0.4) is 0 Å². The van der Waals surface area contributed by atoms with Crippen molar-refractivity contribution in [3.8, 4) is 10.6 Å². The number of hydrogen-bond donors (Lipinski definition) is 1. The van der Waals surface area contributed by atoms with Crippen LogP contribution in [0.15, 0.2) is 40.7 Å². The fourth-order valence-corrected chi connectivity index (χ4v) is 4.32. The molecule has 1 fully saturated rings. The number of nitrogens with one attached hydrogen (secondary N) is 1. The molecule has 1 atom stereocenters. The van der Waals surface area contributed by atoms with E-state index in [2.05, 4.69) is 32.7 Å². The minimum absolute atomic E-state index is 0.203. The van der Waals surface area contributed by atoms with Crippen LogP contribution < -0.4 is 5.32 Å². The molecule has 0 saturated carbocycles. The van der Waals surface area contributed by atoms with E-state index in [0.29, 0.717) is 26.2 Å². The van der Waals surface area contributed by atoms with Crippen molar-refractivity contribution in [1.29, 1.82) is 0 Å². The Labute approximate surface area is 175 Å². The van der Waals surface area contributed by atoms with Gasteiger partial charge in [0, 0.05) is 30.6 Å². The van der Waals surface area contributed by atoms with Gasteiger partial charge in [0.05, 0.1) is 24.8 Å². The summed E-state index contributed by atoms with van der Waals surface area (Å²) in [5.74, 6) is 0.896. The average Bonchev–Trinajstić information content (AvgIpc) is 3.32. The van der Waals surface area contributed by atoms with E-state index < -0.39 is 5.60 Å². The van der Waals surface area contributed by atoms with Crippen LogP contribution in [0.2, 0.25) is 0 Å². The molecule has 1 aromatic heterocycles. The van der Waals surface area contributed by atoms with E-state index in [-0.39, 0.29) is 12.1 Å². The predicted molar refractivity (Wildman–Crippen MR) is 115 cm³/mol. The fraction of sp³-hybridized carbons (Fsp3) is 0.476. The predicted octanol–water partition coefficient (Wildman–Crippen LogP) is 3.19. The van der Waals surface area contributed by atoms with Gasteiger partial charge < -0.3 is 19.9 Å². The third-order valence-electron chi connectivity index (χ3n) is 4.86. The molecule has 29 heavy (non-hydrogen) atoms. The van der Waals surface area contributed by atoms with Gasteiger partial charge in [-0.25, -0.2) is 9.78 Å². The zero-order chi connectivity index (χ0) is 20.4. The van der Waals surface area contributed by atoms with Crippen molar-refractivity contribution >= 4 is 23.4 Å². The molecule has 1 amide bonds. The molecule has 2 aliphatic heterocycles. The van der Waals surface area contributed by atoms with Crippen LogP contribution in [0, 0.1) is 0 Å². The average molecular weight is 414 g/mol. The van der Waals surface area contributed by atoms with Crippen LogP contribution in [0.5, 0.6) is 0 Å². The highest BCUT2D eigenvalue weighted by atomic mass is 32.1. The van der Waals surface area contributed by atoms with Crippen molar-refractivity contribution in [2.45, 2.75) is 39.0 Å². The number of guanidine groups is 1. The Balaban J connectivity index is 1.30. The van der Waals surface area contributed by atoms with Gasteiger partial charge in [-0.3, -0.25) is 4.99 Å². The Morgan fingerprint density at radius 2 is 2.07 bits per heavy atom. The van der Waals surface area contributed by atoms with Crippen molar-refractivity contribution < 1.29 is 9.53 Å². The van der Waals surface area contributed by atoms with Crippen molar-refractivity contribution in [3.63, 3.8) is 0 Å². The smallest absolute Gasteiger partial charge is 0.410 e. The summed E-state index contributed by atoms with van der Waals surface area (Å²) in [6.45, 7) is 9.03. The fourth-order valence-electron chi connectivity index (χ4n) is 3.49. The molecule has 3 heterocycles. The molecule has 0 radical (unpaired) electrons. The number of fused-ring (bicyclic) bond motifs is 1. The summed E-state index contributed by atoms with van der Waals surface area (Å²) in [7, 11) is 0. The SMILES string of the molecule is CC(C)(C)OC(=O)N1CCN2C(NCc3csc(-c4ccccc4)n3)=NCC2C1. The molecule has 1 unspecified atom stereocenters. The second-order valence-electron chi connectivity index (χ2n) is 8.30. The lowest BCUT2D eigenvalue weighted by molar-refractivity contribution is 0.0137. The lowest BCUT2D eigenvalue weighted by Gasteiger charge is -2.39. The molecule has 7 nitrogen and oxygen atoms in total. The van der Waals surface area contributed by atoms with Crippen molar-refractivity contribution in [2.24, 2.45) is 4.99 Å². The number of amides is 1. The first-order valence-corrected chi connectivity index (χ1v) is 10.8. The third-order valence-corrected chi connectivity index (χ3v) is 5.80. The molecular formula is C21H27N5O2S. The number of aliphatic imine (C=N–C) groups is 1. The molecule has 154 valence electrons. The first kappa shape index (κ1) is 19.7. The number of ether oxygens (including phenoxy) is 1. The Morgan fingerprint density at radius 1 is 1.28 bits per heavy atom. The van der Waals surface area contributed by atoms with Crippen molar-refractivity contribution in [3.05, 3.63) is 41.4 Å². The Bertz CT molecular complexity index is 890. The molecule has 4 rings (SSSR count). The maximum atomic E-state index is 12.3. The molecule has 1 aromatic carbocycles. The van der Waals surface area contributed by atoms with Crippen molar-refractivity contribution in [2.75, 3.05) is 26.2 Å². The molecule has 2 aliphatic rings. The zero-order valence-electron chi connectivity index (χ0n) is 17.1. The standard InChI is InChI=1S/C21H27N5O2S/c1-21(2,3)28-20(27)25-9-10-26-17(13-25)12-23-19(26)22-11-16-14-29-18(24-16)15-7-5-4-6-8-15/h4-8,14,17H,9-13H2,1-3H3,(H,22,23). The van der Waals surface area contributed by atoms with Crippen LogP contribution in [0.25, 0.3) is 10.6 Å². The van der Waals surface area contributed by atoms with Crippen LogP contribution >= 0.6 is 11.3 Å². The molecule has 0 aliphatic carbocycles. The summed E-state index contributed by atoms with van der Waals surface area (Å²) in [6, 6.07) is 10.4. The van der Waals surface area contributed by atoms with Crippen LogP contribution in [0.4, 0.5) is 4.79 Å². The molecule has 0 bridgehead atoms. The highest BCUT2D eigenvalue weighted by Gasteiger charge is 2.36. The van der Waals surface area contributed by atoms with E-state index in [0.717, 1.165) is 28.8 Å². The summed E-state index contributed by atoms with van der Waals surface area (Å²) in [4.78, 5) is 25.8. The summed E-state index contributed by atoms with van der Waals surface area (Å²) in [5, 5.41) is 6.54. The van der Waals surface area contributed by atoms with E-state index in [1.54, 1.807) is 16.2 Å². The lowest BCUT2D eigenvalue weighted by atomic mass is 10.2. The molecule has 8 heteroatoms. The second-order valence-corrected chi connectivity index (χ2v) is 9.16. The van der Waals surface area contributed by atoms with Crippen LogP contribution in [-0.4, -0.2) is 64.7 Å². The number of benzene rings is 1. The summed E-state index contributed by atoms with van der Waals surface area (Å²) in [6.07, 6.45) is -0.241. The van der Waals surface area contributed by atoms with E-state index >= 15 is 0 Å². The van der Waals surface area contributed by atoms with Gasteiger partial charge >= 0.3 is 6.09 Å². The van der Waals surface area contributed by atoms with Gasteiger partial charge in [-0.2, -0.15) is 0 Å². The molecule has 1 saturated heterocycles. The summed E-state index contributed by atoms with van der Waals surface area (Å²) in [5.41, 5.74) is 1.67. The van der Waals surface area contributed by atoms with E-state index in [4.69, 9.17) is 9.72 Å². The summed E-state index contributed by atoms with van der Waals surface area (Å²) < 4.78 is 5.50. The Morgan fingerprint density at radius 3 is 2.83 bits per heavy atom. The highest BCUT2D eigenvalue weighted by molar-refractivity contribution is 7.13. The maximum Gasteiger partial charge on any atom is 0.410 e. The van der Waals surface area contributed by atoms with Crippen LogP contribution in [-0.2, 0) is 11.3 Å². The minimum Gasteiger partial charge on any atom is -0.444 e. The van der Waals surface area contributed by atoms with Gasteiger partial charge in [-0.1, -0.05) is 30.3 Å². The van der Waals surface area contributed by atoms with E-state index in [9.17, 15) is 4.79 Å². The number of carbonyl (C=O) groups excluding carboxylic acids is 1. The van der Waals surface area contributed by atoms with E-state index in [1.165, 1.54) is 0 Å². The van der Waals surface area contributed by atoms with Gasteiger partial charge in [0.1, 0.15) is 10.6 Å². The first-order valence-electron chi connectivity index (χ1n) is 9.92. The minimum atomic E-state index is -0.473. The number of rotatable bonds is 3. The number of hydrogen-bond acceptors (Lipinski definition) is 7. The highest BCUT2D eigenvalue weighted by Crippen LogP contribution is 2.23. The van der Waals surface area contributed by atoms with Gasteiger partial charge in [-0.05, 0) is 20.8 Å². The quantitative estimate of drug-likeness (QED) is 0.837. The topological polar surface area (TPSA) is 70.1 Å². The third kappa shape index (κ3) is 4.70. The van der Waals surface area contributed by atoms with Crippen LogP contribution in [0.1, 0.15) is 26.5 Å². The zero-order valence-corrected chi connectivity index (χ0v) is 17.9. The second kappa shape index (κ2) is 8.02. The van der Waals surface area contributed by atoms with Gasteiger partial charge in [0.15, 0.2) is 5.96 Å². The number of piperazine rings is 1. The maximum absolute atomic E-state index is 12.3. The van der Waals surface area contributed by atoms with E-state index in [1.807, 2.05) is 39.0 Å². The molecule has 0 spiro atoms.